The number of methoxy groups -OCH3 is 1. The van der Waals surface area contributed by atoms with Crippen molar-refractivity contribution in [3.05, 3.63) is 0 Å². The summed E-state index contributed by atoms with van der Waals surface area (Å²) in [7, 11) is 1.63. The van der Waals surface area contributed by atoms with E-state index in [4.69, 9.17) is 4.74 Å². The number of hydrogen-bond donors (Lipinski definition) is 2. The van der Waals surface area contributed by atoms with E-state index in [1.54, 1.807) is 7.11 Å². The molecule has 82 valence electrons. The molecule has 1 rings (SSSR count). The Hall–Kier alpha value is -0.610. The molecule has 2 N–H and O–H groups in total. The highest BCUT2D eigenvalue weighted by atomic mass is 16.5. The Bertz CT molecular complexity index is 185. The van der Waals surface area contributed by atoms with Crippen molar-refractivity contribution in [2.24, 2.45) is 5.92 Å². The Morgan fingerprint density at radius 3 is 3.07 bits per heavy atom. The van der Waals surface area contributed by atoms with Gasteiger partial charge in [0.2, 0.25) is 5.91 Å². The third kappa shape index (κ3) is 3.27. The molecule has 0 saturated carbocycles. The standard InChI is InChI=1S/C10H20N2O2/c1-8-4-3-5-11-9(8)10(13)12-6-7-14-2/h8-9,11H,3-7H2,1-2H3,(H,12,13). The lowest BCUT2D eigenvalue weighted by Crippen LogP contribution is -2.51. The molecular formula is C10H20N2O2. The van der Waals surface area contributed by atoms with Gasteiger partial charge in [-0.05, 0) is 25.3 Å². The second-order valence-electron chi connectivity index (χ2n) is 3.84. The molecule has 2 atom stereocenters. The molecule has 0 radical (unpaired) electrons. The summed E-state index contributed by atoms with van der Waals surface area (Å²) in [6.07, 6.45) is 2.30. The average molecular weight is 200 g/mol. The highest BCUT2D eigenvalue weighted by Crippen LogP contribution is 2.15. The van der Waals surface area contributed by atoms with Crippen molar-refractivity contribution in [2.75, 3.05) is 26.8 Å². The molecule has 0 aromatic rings. The summed E-state index contributed by atoms with van der Waals surface area (Å²) in [6, 6.07) is -0.0133. The highest BCUT2D eigenvalue weighted by molar-refractivity contribution is 5.82. The topological polar surface area (TPSA) is 50.4 Å². The number of piperidine rings is 1. The van der Waals surface area contributed by atoms with E-state index in [-0.39, 0.29) is 11.9 Å². The van der Waals surface area contributed by atoms with Crippen LogP contribution < -0.4 is 10.6 Å². The fraction of sp³-hybridized carbons (Fsp3) is 0.900. The third-order valence-corrected chi connectivity index (χ3v) is 2.66. The normalized spacial score (nSPS) is 27.3. The van der Waals surface area contributed by atoms with E-state index in [0.717, 1.165) is 13.0 Å². The molecule has 4 heteroatoms. The van der Waals surface area contributed by atoms with E-state index < -0.39 is 0 Å². The minimum atomic E-state index is -0.0133. The van der Waals surface area contributed by atoms with Crippen LogP contribution in [0.2, 0.25) is 0 Å². The average Bonchev–Trinajstić information content (AvgIpc) is 2.18. The van der Waals surface area contributed by atoms with Crippen LogP contribution in [0.3, 0.4) is 0 Å². The van der Waals surface area contributed by atoms with E-state index in [1.807, 2.05) is 0 Å². The minimum absolute atomic E-state index is 0.0133. The van der Waals surface area contributed by atoms with Gasteiger partial charge in [-0.3, -0.25) is 4.79 Å². The number of ether oxygens (including phenoxy) is 1. The number of carbonyl (C=O) groups is 1. The quantitative estimate of drug-likeness (QED) is 0.635. The number of rotatable bonds is 4. The zero-order valence-electron chi connectivity index (χ0n) is 9.01. The minimum Gasteiger partial charge on any atom is -0.383 e. The van der Waals surface area contributed by atoms with Crippen LogP contribution in [0.5, 0.6) is 0 Å². The van der Waals surface area contributed by atoms with E-state index >= 15 is 0 Å². The fourth-order valence-electron chi connectivity index (χ4n) is 1.79. The molecule has 1 fully saturated rings. The summed E-state index contributed by atoms with van der Waals surface area (Å²) in [4.78, 5) is 11.7. The van der Waals surface area contributed by atoms with Crippen molar-refractivity contribution in [2.45, 2.75) is 25.8 Å². The van der Waals surface area contributed by atoms with Gasteiger partial charge in [0.1, 0.15) is 0 Å². The Morgan fingerprint density at radius 1 is 1.64 bits per heavy atom. The highest BCUT2D eigenvalue weighted by Gasteiger charge is 2.26. The van der Waals surface area contributed by atoms with Crippen molar-refractivity contribution in [3.63, 3.8) is 0 Å². The smallest absolute Gasteiger partial charge is 0.237 e. The van der Waals surface area contributed by atoms with Crippen LogP contribution in [0, 0.1) is 5.92 Å². The SMILES string of the molecule is COCCNC(=O)C1NCCCC1C. The maximum atomic E-state index is 11.7. The van der Waals surface area contributed by atoms with E-state index in [1.165, 1.54) is 6.42 Å². The van der Waals surface area contributed by atoms with Gasteiger partial charge in [0.05, 0.1) is 12.6 Å². The summed E-state index contributed by atoms with van der Waals surface area (Å²) in [5.41, 5.74) is 0. The van der Waals surface area contributed by atoms with Crippen LogP contribution in [0.15, 0.2) is 0 Å². The van der Waals surface area contributed by atoms with Crippen LogP contribution >= 0.6 is 0 Å². The summed E-state index contributed by atoms with van der Waals surface area (Å²) in [5, 5.41) is 6.10. The number of nitrogens with one attached hydrogen (secondary N) is 2. The summed E-state index contributed by atoms with van der Waals surface area (Å²) < 4.78 is 4.87. The monoisotopic (exact) mass is 200 g/mol. The van der Waals surface area contributed by atoms with Crippen LogP contribution in [0.25, 0.3) is 0 Å². The molecule has 1 heterocycles. The first-order valence-corrected chi connectivity index (χ1v) is 5.25. The summed E-state index contributed by atoms with van der Waals surface area (Å²) in [6.45, 7) is 4.24. The molecular weight excluding hydrogens is 180 g/mol. The summed E-state index contributed by atoms with van der Waals surface area (Å²) >= 11 is 0. The molecule has 1 saturated heterocycles. The largest absolute Gasteiger partial charge is 0.383 e. The summed E-state index contributed by atoms with van der Waals surface area (Å²) in [5.74, 6) is 0.542. The van der Waals surface area contributed by atoms with Gasteiger partial charge in [-0.1, -0.05) is 6.92 Å². The molecule has 1 amide bonds. The van der Waals surface area contributed by atoms with Crippen molar-refractivity contribution in [1.29, 1.82) is 0 Å². The van der Waals surface area contributed by atoms with Crippen molar-refractivity contribution in [3.8, 4) is 0 Å². The second-order valence-corrected chi connectivity index (χ2v) is 3.84. The first kappa shape index (κ1) is 11.5. The van der Waals surface area contributed by atoms with Gasteiger partial charge in [0.15, 0.2) is 0 Å². The molecule has 1 aliphatic rings. The maximum absolute atomic E-state index is 11.7. The van der Waals surface area contributed by atoms with Crippen molar-refractivity contribution < 1.29 is 9.53 Å². The fourth-order valence-corrected chi connectivity index (χ4v) is 1.79. The van der Waals surface area contributed by atoms with Crippen LogP contribution in [0.4, 0.5) is 0 Å². The lowest BCUT2D eigenvalue weighted by atomic mass is 9.92. The predicted molar refractivity (Wildman–Crippen MR) is 55.1 cm³/mol. The predicted octanol–water partition coefficient (Wildman–Crippen LogP) is 0.137. The van der Waals surface area contributed by atoms with Gasteiger partial charge >= 0.3 is 0 Å². The Morgan fingerprint density at radius 2 is 2.43 bits per heavy atom. The molecule has 0 aromatic heterocycles. The van der Waals surface area contributed by atoms with E-state index in [2.05, 4.69) is 17.6 Å². The zero-order chi connectivity index (χ0) is 10.4. The van der Waals surface area contributed by atoms with E-state index in [0.29, 0.717) is 19.1 Å². The Kier molecular flexibility index (Phi) is 4.90. The zero-order valence-corrected chi connectivity index (χ0v) is 9.01. The van der Waals surface area contributed by atoms with Gasteiger partial charge in [-0.25, -0.2) is 0 Å². The second kappa shape index (κ2) is 5.98. The van der Waals surface area contributed by atoms with Gasteiger partial charge in [0.25, 0.3) is 0 Å². The molecule has 0 aromatic carbocycles. The number of hydrogen-bond acceptors (Lipinski definition) is 3. The van der Waals surface area contributed by atoms with Crippen LogP contribution in [0.1, 0.15) is 19.8 Å². The number of carbonyl (C=O) groups excluding carboxylic acids is 1. The van der Waals surface area contributed by atoms with Gasteiger partial charge in [0, 0.05) is 13.7 Å². The first-order valence-electron chi connectivity index (χ1n) is 5.25. The molecule has 4 nitrogen and oxygen atoms in total. The van der Waals surface area contributed by atoms with Crippen LogP contribution in [-0.2, 0) is 9.53 Å². The van der Waals surface area contributed by atoms with Crippen molar-refractivity contribution in [1.82, 2.24) is 10.6 Å². The number of amides is 1. The molecule has 0 aliphatic carbocycles. The third-order valence-electron chi connectivity index (χ3n) is 2.66. The molecule has 1 aliphatic heterocycles. The Balaban J connectivity index is 2.27. The van der Waals surface area contributed by atoms with Crippen LogP contribution in [-0.4, -0.2) is 38.8 Å². The van der Waals surface area contributed by atoms with Gasteiger partial charge < -0.3 is 15.4 Å². The molecule has 0 bridgehead atoms. The van der Waals surface area contributed by atoms with E-state index in [9.17, 15) is 4.79 Å². The van der Waals surface area contributed by atoms with Crippen molar-refractivity contribution >= 4 is 5.91 Å². The maximum Gasteiger partial charge on any atom is 0.237 e. The lowest BCUT2D eigenvalue weighted by molar-refractivity contribution is -0.125. The molecule has 14 heavy (non-hydrogen) atoms. The first-order chi connectivity index (χ1) is 6.75. The molecule has 2 unspecified atom stereocenters. The van der Waals surface area contributed by atoms with Gasteiger partial charge in [-0.2, -0.15) is 0 Å². The lowest BCUT2D eigenvalue weighted by Gasteiger charge is -2.28. The van der Waals surface area contributed by atoms with Gasteiger partial charge in [-0.15, -0.1) is 0 Å². The molecule has 0 spiro atoms. The Labute approximate surface area is 85.4 Å².